The zero-order valence-corrected chi connectivity index (χ0v) is 10.9. The number of carbonyl (C=O) groups is 1. The molecule has 0 saturated heterocycles. The van der Waals surface area contributed by atoms with Gasteiger partial charge in [-0.3, -0.25) is 4.79 Å². The van der Waals surface area contributed by atoms with Gasteiger partial charge in [0.05, 0.1) is 5.41 Å². The summed E-state index contributed by atoms with van der Waals surface area (Å²) in [5, 5.41) is 12.5. The largest absolute Gasteiger partial charge is 0.481 e. The first-order valence-corrected chi connectivity index (χ1v) is 6.91. The standard InChI is InChI=1S/C13H17NO2S/c1-14-11(13(7-8-13)12(15)16)9-3-5-10(17-2)6-4-9/h3-6,11,14H,7-8H2,1-2H3,(H,15,16). The summed E-state index contributed by atoms with van der Waals surface area (Å²) in [6.45, 7) is 0. The highest BCUT2D eigenvalue weighted by molar-refractivity contribution is 7.98. The van der Waals surface area contributed by atoms with Crippen LogP contribution in [0.1, 0.15) is 24.4 Å². The van der Waals surface area contributed by atoms with E-state index in [2.05, 4.69) is 5.32 Å². The Bertz CT molecular complexity index is 412. The highest BCUT2D eigenvalue weighted by atomic mass is 32.2. The molecular formula is C13H17NO2S. The van der Waals surface area contributed by atoms with Crippen molar-refractivity contribution in [1.82, 2.24) is 5.32 Å². The summed E-state index contributed by atoms with van der Waals surface area (Å²) in [5.74, 6) is -0.689. The van der Waals surface area contributed by atoms with Crippen LogP contribution in [0, 0.1) is 5.41 Å². The molecule has 2 rings (SSSR count). The van der Waals surface area contributed by atoms with Gasteiger partial charge in [-0.25, -0.2) is 0 Å². The minimum Gasteiger partial charge on any atom is -0.481 e. The molecule has 0 bridgehead atoms. The molecule has 0 aliphatic heterocycles. The second-order valence-corrected chi connectivity index (χ2v) is 5.34. The Morgan fingerprint density at radius 2 is 2.00 bits per heavy atom. The van der Waals surface area contributed by atoms with Gasteiger partial charge < -0.3 is 10.4 Å². The van der Waals surface area contributed by atoms with Crippen molar-refractivity contribution in [3.05, 3.63) is 29.8 Å². The van der Waals surface area contributed by atoms with Crippen LogP contribution in [0.4, 0.5) is 0 Å². The maximum atomic E-state index is 11.3. The number of benzene rings is 1. The van der Waals surface area contributed by atoms with Crippen LogP contribution in [0.3, 0.4) is 0 Å². The summed E-state index contributed by atoms with van der Waals surface area (Å²) < 4.78 is 0. The predicted molar refractivity (Wildman–Crippen MR) is 69.3 cm³/mol. The van der Waals surface area contributed by atoms with Crippen LogP contribution >= 0.6 is 11.8 Å². The molecule has 0 amide bonds. The van der Waals surface area contributed by atoms with E-state index in [1.165, 1.54) is 4.90 Å². The second kappa shape index (κ2) is 4.70. The van der Waals surface area contributed by atoms with Crippen LogP contribution < -0.4 is 5.32 Å². The number of rotatable bonds is 5. The fourth-order valence-corrected chi connectivity index (χ4v) is 2.73. The van der Waals surface area contributed by atoms with E-state index < -0.39 is 11.4 Å². The van der Waals surface area contributed by atoms with E-state index >= 15 is 0 Å². The number of hydrogen-bond acceptors (Lipinski definition) is 3. The molecule has 1 fully saturated rings. The van der Waals surface area contributed by atoms with Crippen LogP contribution in [-0.4, -0.2) is 24.4 Å². The summed E-state index contributed by atoms with van der Waals surface area (Å²) in [7, 11) is 1.83. The third-order valence-corrected chi connectivity index (χ3v) is 4.25. The highest BCUT2D eigenvalue weighted by Crippen LogP contribution is 2.55. The molecule has 0 radical (unpaired) electrons. The lowest BCUT2D eigenvalue weighted by atomic mass is 9.90. The van der Waals surface area contributed by atoms with E-state index in [9.17, 15) is 9.90 Å². The van der Waals surface area contributed by atoms with Gasteiger partial charge in [-0.1, -0.05) is 12.1 Å². The van der Waals surface area contributed by atoms with E-state index in [-0.39, 0.29) is 6.04 Å². The number of hydrogen-bond donors (Lipinski definition) is 2. The Kier molecular flexibility index (Phi) is 3.45. The average molecular weight is 251 g/mol. The fraction of sp³-hybridized carbons (Fsp3) is 0.462. The number of aliphatic carboxylic acids is 1. The molecular weight excluding hydrogens is 234 g/mol. The third-order valence-electron chi connectivity index (χ3n) is 3.50. The van der Waals surface area contributed by atoms with Gasteiger partial charge in [-0.05, 0) is 43.8 Å². The van der Waals surface area contributed by atoms with Crippen molar-refractivity contribution in [3.63, 3.8) is 0 Å². The lowest BCUT2D eigenvalue weighted by molar-refractivity contribution is -0.144. The lowest BCUT2D eigenvalue weighted by Crippen LogP contribution is -2.32. The van der Waals surface area contributed by atoms with Gasteiger partial charge in [0.2, 0.25) is 0 Å². The van der Waals surface area contributed by atoms with Gasteiger partial charge in [0.15, 0.2) is 0 Å². The van der Waals surface area contributed by atoms with E-state index in [4.69, 9.17) is 0 Å². The van der Waals surface area contributed by atoms with Crippen molar-refractivity contribution in [2.75, 3.05) is 13.3 Å². The molecule has 1 aliphatic carbocycles. The smallest absolute Gasteiger partial charge is 0.311 e. The van der Waals surface area contributed by atoms with Crippen LogP contribution in [0.5, 0.6) is 0 Å². The first kappa shape index (κ1) is 12.5. The van der Waals surface area contributed by atoms with Crippen molar-refractivity contribution in [3.8, 4) is 0 Å². The first-order valence-electron chi connectivity index (χ1n) is 5.68. The topological polar surface area (TPSA) is 49.3 Å². The molecule has 1 saturated carbocycles. The zero-order valence-electron chi connectivity index (χ0n) is 10.1. The van der Waals surface area contributed by atoms with Gasteiger partial charge >= 0.3 is 5.97 Å². The molecule has 0 spiro atoms. The Balaban J connectivity index is 2.26. The molecule has 1 atom stereocenters. The Morgan fingerprint density at radius 1 is 1.41 bits per heavy atom. The van der Waals surface area contributed by atoms with Crippen molar-refractivity contribution in [2.45, 2.75) is 23.8 Å². The average Bonchev–Trinajstić information content (AvgIpc) is 3.12. The molecule has 1 unspecified atom stereocenters. The summed E-state index contributed by atoms with van der Waals surface area (Å²) in [4.78, 5) is 12.5. The maximum Gasteiger partial charge on any atom is 0.311 e. The van der Waals surface area contributed by atoms with Gasteiger partial charge in [0.25, 0.3) is 0 Å². The van der Waals surface area contributed by atoms with Gasteiger partial charge in [0.1, 0.15) is 0 Å². The quantitative estimate of drug-likeness (QED) is 0.790. The number of nitrogens with one attached hydrogen (secondary N) is 1. The van der Waals surface area contributed by atoms with Crippen molar-refractivity contribution in [2.24, 2.45) is 5.41 Å². The monoisotopic (exact) mass is 251 g/mol. The molecule has 92 valence electrons. The first-order chi connectivity index (χ1) is 8.14. The molecule has 3 nitrogen and oxygen atoms in total. The summed E-state index contributed by atoms with van der Waals surface area (Å²) in [6, 6.07) is 8.05. The molecule has 0 heterocycles. The highest BCUT2D eigenvalue weighted by Gasteiger charge is 2.56. The van der Waals surface area contributed by atoms with Crippen molar-refractivity contribution in [1.29, 1.82) is 0 Å². The third kappa shape index (κ3) is 2.19. The van der Waals surface area contributed by atoms with Crippen LogP contribution in [-0.2, 0) is 4.79 Å². The lowest BCUT2D eigenvalue weighted by Gasteiger charge is -2.23. The molecule has 2 N–H and O–H groups in total. The molecule has 1 aromatic rings. The fourth-order valence-electron chi connectivity index (χ4n) is 2.32. The second-order valence-electron chi connectivity index (χ2n) is 4.46. The van der Waals surface area contributed by atoms with Crippen molar-refractivity contribution < 1.29 is 9.90 Å². The minimum atomic E-state index is -0.689. The zero-order chi connectivity index (χ0) is 12.5. The van der Waals surface area contributed by atoms with Gasteiger partial charge in [-0.2, -0.15) is 0 Å². The minimum absolute atomic E-state index is 0.0871. The number of carboxylic acid groups (broad SMARTS) is 1. The van der Waals surface area contributed by atoms with Crippen LogP contribution in [0.15, 0.2) is 29.2 Å². The summed E-state index contributed by atoms with van der Waals surface area (Å²) >= 11 is 1.69. The Morgan fingerprint density at radius 3 is 2.35 bits per heavy atom. The number of carboxylic acids is 1. The Hall–Kier alpha value is -1.00. The Labute approximate surface area is 106 Å². The van der Waals surface area contributed by atoms with Crippen molar-refractivity contribution >= 4 is 17.7 Å². The SMILES string of the molecule is CNC(c1ccc(SC)cc1)C1(C(=O)O)CC1. The van der Waals surface area contributed by atoms with Gasteiger partial charge in [0, 0.05) is 10.9 Å². The van der Waals surface area contributed by atoms with Crippen LogP contribution in [0.2, 0.25) is 0 Å². The molecule has 0 aromatic heterocycles. The molecule has 1 aliphatic rings. The molecule has 1 aromatic carbocycles. The predicted octanol–water partition coefficient (Wildman–Crippen LogP) is 2.53. The van der Waals surface area contributed by atoms with Gasteiger partial charge in [-0.15, -0.1) is 11.8 Å². The van der Waals surface area contributed by atoms with E-state index in [1.54, 1.807) is 11.8 Å². The van der Waals surface area contributed by atoms with E-state index in [0.29, 0.717) is 0 Å². The van der Waals surface area contributed by atoms with Crippen LogP contribution in [0.25, 0.3) is 0 Å². The summed E-state index contributed by atoms with van der Waals surface area (Å²) in [6.07, 6.45) is 3.56. The maximum absolute atomic E-state index is 11.3. The summed E-state index contributed by atoms with van der Waals surface area (Å²) in [5.41, 5.74) is 0.473. The molecule has 17 heavy (non-hydrogen) atoms. The van der Waals surface area contributed by atoms with E-state index in [1.807, 2.05) is 37.6 Å². The number of thioether (sulfide) groups is 1. The molecule has 4 heteroatoms. The normalized spacial score (nSPS) is 18.7. The van der Waals surface area contributed by atoms with E-state index in [0.717, 1.165) is 18.4 Å².